The second-order valence-corrected chi connectivity index (χ2v) is 9.85. The van der Waals surface area contributed by atoms with Crippen LogP contribution in [-0.2, 0) is 14.9 Å². The van der Waals surface area contributed by atoms with E-state index in [-0.39, 0.29) is 26.4 Å². The van der Waals surface area contributed by atoms with E-state index in [2.05, 4.69) is 21.2 Å². The molecule has 0 aliphatic rings. The van der Waals surface area contributed by atoms with Crippen molar-refractivity contribution in [3.8, 4) is 17.6 Å². The third kappa shape index (κ3) is 6.17. The lowest BCUT2D eigenvalue weighted by Crippen LogP contribution is -2.13. The number of rotatable bonds is 7. The third-order valence-corrected chi connectivity index (χ3v) is 6.61. The van der Waals surface area contributed by atoms with E-state index in [1.54, 1.807) is 12.1 Å². The summed E-state index contributed by atoms with van der Waals surface area (Å²) >= 11 is 9.10. The largest absolute Gasteiger partial charge is 0.493 e. The highest BCUT2D eigenvalue weighted by molar-refractivity contribution is 9.10. The smallest absolute Gasteiger partial charge is 0.339 e. The highest BCUT2D eigenvalue weighted by Gasteiger charge is 2.22. The van der Waals surface area contributed by atoms with Crippen LogP contribution in [0.2, 0.25) is 5.02 Å². The Morgan fingerprint density at radius 2 is 1.76 bits per heavy atom. The Morgan fingerprint density at radius 1 is 1.12 bits per heavy atom. The SMILES string of the molecule is COc1cc(/C=C(\C#N)C(=O)Nc2ccc(C)cc2)cc(Br)c1OS(=O)(=O)c1ccc(Cl)cc1. The first-order valence-corrected chi connectivity index (χ1v) is 12.3. The number of methoxy groups -OCH3 is 1. The summed E-state index contributed by atoms with van der Waals surface area (Å²) in [5.74, 6) is -0.598. The number of hydrogen-bond acceptors (Lipinski definition) is 6. The molecular weight excluding hydrogens is 544 g/mol. The van der Waals surface area contributed by atoms with Crippen LogP contribution in [0.3, 0.4) is 0 Å². The molecule has 0 spiro atoms. The molecular formula is C24H18BrClN2O5S. The maximum absolute atomic E-state index is 12.7. The zero-order valence-electron chi connectivity index (χ0n) is 18.0. The van der Waals surface area contributed by atoms with Crippen molar-refractivity contribution in [1.82, 2.24) is 0 Å². The van der Waals surface area contributed by atoms with E-state index >= 15 is 0 Å². The van der Waals surface area contributed by atoms with Crippen molar-refractivity contribution in [3.05, 3.63) is 86.9 Å². The second-order valence-electron chi connectivity index (χ2n) is 7.02. The first-order chi connectivity index (χ1) is 16.1. The first kappa shape index (κ1) is 25.3. The topological polar surface area (TPSA) is 105 Å². The van der Waals surface area contributed by atoms with Crippen LogP contribution in [0.15, 0.2) is 75.6 Å². The molecule has 0 radical (unpaired) electrons. The molecule has 0 aliphatic heterocycles. The average Bonchev–Trinajstić information content (AvgIpc) is 2.80. The summed E-state index contributed by atoms with van der Waals surface area (Å²) < 4.78 is 36.2. The summed E-state index contributed by atoms with van der Waals surface area (Å²) in [4.78, 5) is 12.5. The molecule has 0 saturated heterocycles. The molecule has 34 heavy (non-hydrogen) atoms. The van der Waals surface area contributed by atoms with Crippen molar-refractivity contribution < 1.29 is 22.1 Å². The van der Waals surface area contributed by atoms with Crippen molar-refractivity contribution in [3.63, 3.8) is 0 Å². The van der Waals surface area contributed by atoms with Gasteiger partial charge < -0.3 is 14.2 Å². The molecule has 3 aromatic rings. The quantitative estimate of drug-likeness (QED) is 0.224. The van der Waals surface area contributed by atoms with Gasteiger partial charge in [-0.05, 0) is 83.0 Å². The van der Waals surface area contributed by atoms with Gasteiger partial charge in [-0.1, -0.05) is 29.3 Å². The minimum Gasteiger partial charge on any atom is -0.493 e. The van der Waals surface area contributed by atoms with Crippen LogP contribution < -0.4 is 14.2 Å². The average molecular weight is 562 g/mol. The molecule has 0 heterocycles. The summed E-state index contributed by atoms with van der Waals surface area (Å²) in [5, 5.41) is 12.5. The van der Waals surface area contributed by atoms with Crippen molar-refractivity contribution in [2.75, 3.05) is 12.4 Å². The Labute approximate surface area is 210 Å². The van der Waals surface area contributed by atoms with Gasteiger partial charge in [0.15, 0.2) is 11.5 Å². The molecule has 1 N–H and O–H groups in total. The van der Waals surface area contributed by atoms with E-state index in [4.69, 9.17) is 20.5 Å². The fraction of sp³-hybridized carbons (Fsp3) is 0.0833. The van der Waals surface area contributed by atoms with Crippen LogP contribution in [0.1, 0.15) is 11.1 Å². The summed E-state index contributed by atoms with van der Waals surface area (Å²) in [6.07, 6.45) is 1.36. The lowest BCUT2D eigenvalue weighted by atomic mass is 10.1. The number of carbonyl (C=O) groups excluding carboxylic acids is 1. The van der Waals surface area contributed by atoms with Crippen LogP contribution in [-0.4, -0.2) is 21.4 Å². The number of anilines is 1. The van der Waals surface area contributed by atoms with Gasteiger partial charge in [0.05, 0.1) is 11.6 Å². The molecule has 7 nitrogen and oxygen atoms in total. The molecule has 0 bridgehead atoms. The van der Waals surface area contributed by atoms with Crippen molar-refractivity contribution in [2.24, 2.45) is 0 Å². The molecule has 0 saturated carbocycles. The number of nitrogens with zero attached hydrogens (tertiary/aromatic N) is 1. The number of nitriles is 1. The van der Waals surface area contributed by atoms with E-state index in [0.29, 0.717) is 16.3 Å². The molecule has 0 unspecified atom stereocenters. The Morgan fingerprint density at radius 3 is 2.35 bits per heavy atom. The summed E-state index contributed by atoms with van der Waals surface area (Å²) in [6.45, 7) is 1.92. The standard InChI is InChI=1S/C24H18BrClN2O5S/c1-15-3-7-19(8-4-15)28-24(29)17(14-27)11-16-12-21(25)23(22(13-16)32-2)33-34(30,31)20-9-5-18(26)6-10-20/h3-13H,1-2H3,(H,28,29)/b17-11+. The van der Waals surface area contributed by atoms with E-state index < -0.39 is 16.0 Å². The number of hydrogen-bond donors (Lipinski definition) is 1. The van der Waals surface area contributed by atoms with Crippen LogP contribution in [0.5, 0.6) is 11.5 Å². The Balaban J connectivity index is 1.90. The molecule has 3 aromatic carbocycles. The summed E-state index contributed by atoms with van der Waals surface area (Å²) in [5.41, 5.74) is 1.84. The van der Waals surface area contributed by atoms with Gasteiger partial charge in [-0.25, -0.2) is 0 Å². The van der Waals surface area contributed by atoms with Gasteiger partial charge in [-0.3, -0.25) is 4.79 Å². The normalized spacial score (nSPS) is 11.4. The van der Waals surface area contributed by atoms with Crippen molar-refractivity contribution >= 4 is 55.3 Å². The minimum absolute atomic E-state index is 0.0781. The second kappa shape index (κ2) is 10.7. The Bertz CT molecular complexity index is 1400. The van der Waals surface area contributed by atoms with E-state index in [1.165, 1.54) is 49.6 Å². The van der Waals surface area contributed by atoms with Gasteiger partial charge in [0, 0.05) is 10.7 Å². The first-order valence-electron chi connectivity index (χ1n) is 9.70. The fourth-order valence-corrected chi connectivity index (χ4v) is 4.54. The number of aryl methyl sites for hydroxylation is 1. The van der Waals surface area contributed by atoms with Gasteiger partial charge in [0.2, 0.25) is 0 Å². The molecule has 0 atom stereocenters. The highest BCUT2D eigenvalue weighted by atomic mass is 79.9. The van der Waals surface area contributed by atoms with Gasteiger partial charge in [0.1, 0.15) is 16.5 Å². The zero-order valence-corrected chi connectivity index (χ0v) is 21.2. The maximum Gasteiger partial charge on any atom is 0.339 e. The minimum atomic E-state index is -4.18. The molecule has 10 heteroatoms. The summed E-state index contributed by atoms with van der Waals surface area (Å²) in [6, 6.07) is 17.5. The third-order valence-electron chi connectivity index (χ3n) is 4.53. The van der Waals surface area contributed by atoms with Gasteiger partial charge in [-0.15, -0.1) is 0 Å². The number of benzene rings is 3. The van der Waals surface area contributed by atoms with Crippen LogP contribution in [0.4, 0.5) is 5.69 Å². The number of amides is 1. The molecule has 0 aliphatic carbocycles. The Kier molecular flexibility index (Phi) is 7.99. The molecule has 174 valence electrons. The predicted molar refractivity (Wildman–Crippen MR) is 133 cm³/mol. The van der Waals surface area contributed by atoms with Crippen LogP contribution in [0.25, 0.3) is 6.08 Å². The lowest BCUT2D eigenvalue weighted by Gasteiger charge is -2.13. The van der Waals surface area contributed by atoms with Crippen LogP contribution in [0, 0.1) is 18.3 Å². The predicted octanol–water partition coefficient (Wildman–Crippen LogP) is 5.73. The molecule has 1 amide bonds. The number of halogens is 2. The fourth-order valence-electron chi connectivity index (χ4n) is 2.81. The van der Waals surface area contributed by atoms with E-state index in [0.717, 1.165) is 5.56 Å². The van der Waals surface area contributed by atoms with Crippen molar-refractivity contribution in [1.29, 1.82) is 5.26 Å². The molecule has 0 fully saturated rings. The van der Waals surface area contributed by atoms with E-state index in [1.807, 2.05) is 25.1 Å². The highest BCUT2D eigenvalue weighted by Crippen LogP contribution is 2.39. The Hall–Kier alpha value is -3.32. The maximum atomic E-state index is 12.7. The molecule has 3 rings (SSSR count). The number of nitrogens with one attached hydrogen (secondary N) is 1. The zero-order chi connectivity index (χ0) is 24.9. The molecule has 0 aromatic heterocycles. The lowest BCUT2D eigenvalue weighted by molar-refractivity contribution is -0.112. The van der Waals surface area contributed by atoms with Gasteiger partial charge in [0.25, 0.3) is 5.91 Å². The van der Waals surface area contributed by atoms with Gasteiger partial charge >= 0.3 is 10.1 Å². The van der Waals surface area contributed by atoms with Crippen molar-refractivity contribution in [2.45, 2.75) is 11.8 Å². The number of ether oxygens (including phenoxy) is 1. The summed E-state index contributed by atoms with van der Waals surface area (Å²) in [7, 11) is -2.84. The van der Waals surface area contributed by atoms with Crippen LogP contribution >= 0.6 is 27.5 Å². The number of carbonyl (C=O) groups is 1. The van der Waals surface area contributed by atoms with E-state index in [9.17, 15) is 18.5 Å². The monoisotopic (exact) mass is 560 g/mol. The van der Waals surface area contributed by atoms with Gasteiger partial charge in [-0.2, -0.15) is 13.7 Å².